The molecule has 2 amide bonds. The topological polar surface area (TPSA) is 98.1 Å². The summed E-state index contributed by atoms with van der Waals surface area (Å²) in [7, 11) is 1.64. The van der Waals surface area contributed by atoms with Crippen LogP contribution in [0.25, 0.3) is 22.4 Å². The second kappa shape index (κ2) is 9.48. The number of benzene rings is 1. The van der Waals surface area contributed by atoms with Gasteiger partial charge in [0.2, 0.25) is 0 Å². The number of hydrogen-bond acceptors (Lipinski definition) is 7. The molecular formula is C22H21N7O2S. The highest BCUT2D eigenvalue weighted by molar-refractivity contribution is 7.78. The summed E-state index contributed by atoms with van der Waals surface area (Å²) in [6.45, 7) is 4.50. The molecule has 1 aromatic carbocycles. The summed E-state index contributed by atoms with van der Waals surface area (Å²) in [5, 5.41) is 7.10. The van der Waals surface area contributed by atoms with Gasteiger partial charge in [-0.25, -0.2) is 14.8 Å². The van der Waals surface area contributed by atoms with Gasteiger partial charge in [0, 0.05) is 11.8 Å². The highest BCUT2D eigenvalue weighted by Gasteiger charge is 2.11. The third-order valence-electron chi connectivity index (χ3n) is 4.61. The zero-order valence-electron chi connectivity index (χ0n) is 17.3. The molecule has 3 aromatic heterocycles. The normalized spacial score (nSPS) is 10.7. The zero-order chi connectivity index (χ0) is 22.5. The number of carbonyl (C=O) groups excluding carboxylic acids is 1. The van der Waals surface area contributed by atoms with Crippen molar-refractivity contribution in [2.75, 3.05) is 19.0 Å². The van der Waals surface area contributed by atoms with E-state index in [-0.39, 0.29) is 0 Å². The first kappa shape index (κ1) is 21.3. The second-order valence-corrected chi connectivity index (χ2v) is 7.35. The molecule has 0 aliphatic rings. The SMILES string of the molecule is C=CCN(S)C(=O)Nc1ccc2ncc(-c3cnn(Cc4ccc(OC)cc4)c3)nc2n1. The second-order valence-electron chi connectivity index (χ2n) is 6.87. The van der Waals surface area contributed by atoms with E-state index in [2.05, 4.69) is 44.8 Å². The molecule has 162 valence electrons. The number of urea groups is 1. The number of amides is 2. The molecule has 4 rings (SSSR count). The van der Waals surface area contributed by atoms with Crippen LogP contribution in [0.4, 0.5) is 10.6 Å². The lowest BCUT2D eigenvalue weighted by Gasteiger charge is -2.13. The van der Waals surface area contributed by atoms with E-state index < -0.39 is 6.03 Å². The number of fused-ring (bicyclic) bond motifs is 1. The Labute approximate surface area is 190 Å². The molecule has 1 N–H and O–H groups in total. The van der Waals surface area contributed by atoms with E-state index in [4.69, 9.17) is 4.74 Å². The van der Waals surface area contributed by atoms with Crippen LogP contribution < -0.4 is 10.1 Å². The predicted octanol–water partition coefficient (Wildman–Crippen LogP) is 3.81. The first-order valence-electron chi connectivity index (χ1n) is 9.73. The third-order valence-corrected chi connectivity index (χ3v) is 4.96. The van der Waals surface area contributed by atoms with Crippen molar-refractivity contribution < 1.29 is 9.53 Å². The van der Waals surface area contributed by atoms with Crippen LogP contribution in [0.1, 0.15) is 5.56 Å². The molecule has 9 nitrogen and oxygen atoms in total. The number of thiol groups is 1. The fraction of sp³-hybridized carbons (Fsp3) is 0.136. The number of methoxy groups -OCH3 is 1. The predicted molar refractivity (Wildman–Crippen MR) is 126 cm³/mol. The van der Waals surface area contributed by atoms with Gasteiger partial charge < -0.3 is 4.74 Å². The molecule has 10 heteroatoms. The van der Waals surface area contributed by atoms with Crippen molar-refractivity contribution in [1.82, 2.24) is 29.0 Å². The van der Waals surface area contributed by atoms with Crippen molar-refractivity contribution in [1.29, 1.82) is 0 Å². The number of carbonyl (C=O) groups is 1. The number of nitrogens with zero attached hydrogens (tertiary/aromatic N) is 6. The minimum Gasteiger partial charge on any atom is -0.497 e. The van der Waals surface area contributed by atoms with E-state index in [9.17, 15) is 4.79 Å². The smallest absolute Gasteiger partial charge is 0.333 e. The minimum absolute atomic E-state index is 0.299. The third kappa shape index (κ3) is 4.86. The summed E-state index contributed by atoms with van der Waals surface area (Å²) in [4.78, 5) is 25.5. The Morgan fingerprint density at radius 1 is 1.22 bits per heavy atom. The number of pyridine rings is 1. The lowest BCUT2D eigenvalue weighted by Crippen LogP contribution is -2.27. The van der Waals surface area contributed by atoms with Gasteiger partial charge in [0.25, 0.3) is 0 Å². The number of aromatic nitrogens is 5. The van der Waals surface area contributed by atoms with Crippen LogP contribution in [0.3, 0.4) is 0 Å². The Bertz CT molecular complexity index is 1260. The monoisotopic (exact) mass is 447 g/mol. The summed E-state index contributed by atoms with van der Waals surface area (Å²) in [5.41, 5.74) is 3.58. The standard InChI is InChI=1S/C22H21N7O2S/c1-3-10-29(32)22(30)27-20-9-8-18-21(26-20)25-19(12-23-18)16-11-24-28(14-16)13-15-4-6-17(31-2)7-5-15/h3-9,11-12,14,32H,1,10,13H2,2H3,(H,25,26,27,30). The van der Waals surface area contributed by atoms with Crippen LogP contribution in [0.2, 0.25) is 0 Å². The number of hydrogen-bond donors (Lipinski definition) is 2. The number of nitrogens with one attached hydrogen (secondary N) is 1. The number of ether oxygens (including phenoxy) is 1. The highest BCUT2D eigenvalue weighted by atomic mass is 32.1. The first-order chi connectivity index (χ1) is 15.6. The summed E-state index contributed by atoms with van der Waals surface area (Å²) >= 11 is 4.10. The molecule has 0 spiro atoms. The highest BCUT2D eigenvalue weighted by Crippen LogP contribution is 2.20. The molecule has 0 radical (unpaired) electrons. The molecule has 32 heavy (non-hydrogen) atoms. The molecule has 0 unspecified atom stereocenters. The van der Waals surface area contributed by atoms with Crippen molar-refractivity contribution in [3.05, 3.63) is 73.2 Å². The maximum atomic E-state index is 12.1. The summed E-state index contributed by atoms with van der Waals surface area (Å²) < 4.78 is 8.21. The van der Waals surface area contributed by atoms with E-state index in [1.165, 1.54) is 4.31 Å². The molecule has 0 saturated carbocycles. The van der Waals surface area contributed by atoms with Gasteiger partial charge in [0.05, 0.1) is 38.3 Å². The lowest BCUT2D eigenvalue weighted by atomic mass is 10.2. The summed E-state index contributed by atoms with van der Waals surface area (Å²) in [6.07, 6.45) is 6.89. The van der Waals surface area contributed by atoms with E-state index in [1.807, 2.05) is 35.1 Å². The van der Waals surface area contributed by atoms with Crippen LogP contribution >= 0.6 is 12.8 Å². The fourth-order valence-electron chi connectivity index (χ4n) is 2.99. The minimum atomic E-state index is -0.413. The van der Waals surface area contributed by atoms with Crippen LogP contribution in [-0.4, -0.2) is 48.7 Å². The van der Waals surface area contributed by atoms with Gasteiger partial charge in [0.15, 0.2) is 5.65 Å². The Morgan fingerprint density at radius 2 is 2.03 bits per heavy atom. The van der Waals surface area contributed by atoms with E-state index in [0.29, 0.717) is 35.8 Å². The molecule has 0 fully saturated rings. The van der Waals surface area contributed by atoms with Crippen molar-refractivity contribution >= 4 is 35.8 Å². The zero-order valence-corrected chi connectivity index (χ0v) is 18.2. The Kier molecular flexibility index (Phi) is 6.31. The van der Waals surface area contributed by atoms with Crippen molar-refractivity contribution in [2.24, 2.45) is 0 Å². The van der Waals surface area contributed by atoms with Gasteiger partial charge in [-0.15, -0.1) is 6.58 Å². The van der Waals surface area contributed by atoms with Gasteiger partial charge in [-0.1, -0.05) is 31.0 Å². The van der Waals surface area contributed by atoms with Gasteiger partial charge in [-0.3, -0.25) is 19.3 Å². The number of rotatable bonds is 7. The van der Waals surface area contributed by atoms with Crippen LogP contribution in [0, 0.1) is 0 Å². The van der Waals surface area contributed by atoms with Gasteiger partial charge >= 0.3 is 6.03 Å². The van der Waals surface area contributed by atoms with E-state index in [1.54, 1.807) is 37.7 Å². The Balaban J connectivity index is 1.52. The van der Waals surface area contributed by atoms with E-state index in [0.717, 1.165) is 16.9 Å². The van der Waals surface area contributed by atoms with Crippen LogP contribution in [0.15, 0.2) is 67.6 Å². The van der Waals surface area contributed by atoms with Gasteiger partial charge in [-0.05, 0) is 29.8 Å². The van der Waals surface area contributed by atoms with Crippen LogP contribution in [-0.2, 0) is 6.54 Å². The largest absolute Gasteiger partial charge is 0.497 e. The average Bonchev–Trinajstić information content (AvgIpc) is 3.27. The van der Waals surface area contributed by atoms with Crippen molar-refractivity contribution in [2.45, 2.75) is 6.54 Å². The van der Waals surface area contributed by atoms with E-state index >= 15 is 0 Å². The van der Waals surface area contributed by atoms with Gasteiger partial charge in [-0.2, -0.15) is 5.10 Å². The molecule has 0 bridgehead atoms. The molecule has 0 saturated heterocycles. The maximum absolute atomic E-state index is 12.1. The molecule has 4 aromatic rings. The van der Waals surface area contributed by atoms with Gasteiger partial charge in [0.1, 0.15) is 17.1 Å². The summed E-state index contributed by atoms with van der Waals surface area (Å²) in [5.74, 6) is 1.17. The van der Waals surface area contributed by atoms with Crippen molar-refractivity contribution in [3.8, 4) is 17.0 Å². The molecule has 3 heterocycles. The lowest BCUT2D eigenvalue weighted by molar-refractivity contribution is 0.241. The first-order valence-corrected chi connectivity index (χ1v) is 10.1. The maximum Gasteiger partial charge on any atom is 0.333 e. The molecule has 0 aliphatic carbocycles. The van der Waals surface area contributed by atoms with Crippen molar-refractivity contribution in [3.63, 3.8) is 0 Å². The Hall–Kier alpha value is -3.92. The quantitative estimate of drug-likeness (QED) is 0.330. The number of anilines is 1. The fourth-order valence-corrected chi connectivity index (χ4v) is 3.15. The average molecular weight is 448 g/mol. The summed E-state index contributed by atoms with van der Waals surface area (Å²) in [6, 6.07) is 10.8. The molecule has 0 aliphatic heterocycles. The Morgan fingerprint density at radius 3 is 2.78 bits per heavy atom. The molecule has 0 atom stereocenters. The van der Waals surface area contributed by atoms with Crippen LogP contribution in [0.5, 0.6) is 5.75 Å². The molecular weight excluding hydrogens is 426 g/mol.